The fraction of sp³-hybridized carbons (Fsp3) is 0. The highest BCUT2D eigenvalue weighted by Crippen LogP contribution is 2.23. The molecule has 0 heterocycles. The number of amides is 2. The number of urea groups is 1. The number of nitrogens with one attached hydrogen (secondary N) is 1. The van der Waals surface area contributed by atoms with Crippen LogP contribution in [0.2, 0.25) is 0 Å². The Morgan fingerprint density at radius 3 is 2.75 bits per heavy atom. The highest BCUT2D eigenvalue weighted by molar-refractivity contribution is 14.1. The number of hydrogen-bond acceptors (Lipinski definition) is 1. The van der Waals surface area contributed by atoms with Crippen molar-refractivity contribution in [2.75, 3.05) is 5.32 Å². The minimum Gasteiger partial charge on any atom is -0.351 e. The number of primary amides is 1. The summed E-state index contributed by atoms with van der Waals surface area (Å²) >= 11 is 5.48. The molecular formula is C7H6BrIN2O. The maximum atomic E-state index is 10.5. The van der Waals surface area contributed by atoms with E-state index in [1.165, 1.54) is 0 Å². The number of carbonyl (C=O) groups is 1. The molecule has 1 rings (SSSR count). The van der Waals surface area contributed by atoms with E-state index in [4.69, 9.17) is 5.73 Å². The molecule has 0 unspecified atom stereocenters. The second kappa shape index (κ2) is 4.08. The van der Waals surface area contributed by atoms with Gasteiger partial charge in [0.15, 0.2) is 0 Å². The molecule has 0 fully saturated rings. The van der Waals surface area contributed by atoms with E-state index < -0.39 is 6.03 Å². The van der Waals surface area contributed by atoms with Crippen LogP contribution in [0.4, 0.5) is 10.5 Å². The van der Waals surface area contributed by atoms with E-state index in [-0.39, 0.29) is 0 Å². The Morgan fingerprint density at radius 2 is 2.25 bits per heavy atom. The van der Waals surface area contributed by atoms with Crippen LogP contribution < -0.4 is 11.1 Å². The largest absolute Gasteiger partial charge is 0.351 e. The Morgan fingerprint density at radius 1 is 1.58 bits per heavy atom. The van der Waals surface area contributed by atoms with E-state index in [9.17, 15) is 4.79 Å². The predicted octanol–water partition coefficient (Wildman–Crippen LogP) is 2.54. The van der Waals surface area contributed by atoms with Crippen molar-refractivity contribution in [1.82, 2.24) is 0 Å². The number of anilines is 1. The van der Waals surface area contributed by atoms with Gasteiger partial charge in [0.05, 0.1) is 5.69 Å². The van der Waals surface area contributed by atoms with Gasteiger partial charge in [-0.25, -0.2) is 4.79 Å². The molecule has 0 saturated carbocycles. The molecule has 3 N–H and O–H groups in total. The zero-order chi connectivity index (χ0) is 9.14. The molecule has 0 aliphatic heterocycles. The molecule has 3 nitrogen and oxygen atoms in total. The van der Waals surface area contributed by atoms with Gasteiger partial charge in [0, 0.05) is 8.04 Å². The molecule has 1 aromatic carbocycles. The van der Waals surface area contributed by atoms with Crippen LogP contribution in [0.15, 0.2) is 22.7 Å². The molecule has 0 spiro atoms. The smallest absolute Gasteiger partial charge is 0.316 e. The number of rotatable bonds is 1. The molecule has 12 heavy (non-hydrogen) atoms. The number of nitrogens with two attached hydrogens (primary N) is 1. The molecule has 0 aliphatic rings. The summed E-state index contributed by atoms with van der Waals surface area (Å²) < 4.78 is 1.92. The number of benzene rings is 1. The van der Waals surface area contributed by atoms with Crippen molar-refractivity contribution in [2.24, 2.45) is 5.73 Å². The van der Waals surface area contributed by atoms with Gasteiger partial charge in [0.1, 0.15) is 0 Å². The summed E-state index contributed by atoms with van der Waals surface area (Å²) in [6.07, 6.45) is 0. The predicted molar refractivity (Wildman–Crippen MR) is 60.1 cm³/mol. The first kappa shape index (κ1) is 9.79. The fourth-order valence-corrected chi connectivity index (χ4v) is 2.12. The Kier molecular flexibility index (Phi) is 3.33. The summed E-state index contributed by atoms with van der Waals surface area (Å²) in [7, 11) is 0. The second-order valence-electron chi connectivity index (χ2n) is 2.11. The normalized spacial score (nSPS) is 9.50. The lowest BCUT2D eigenvalue weighted by molar-refractivity contribution is 0.259. The third-order valence-electron chi connectivity index (χ3n) is 1.19. The van der Waals surface area contributed by atoms with Crippen molar-refractivity contribution in [1.29, 1.82) is 0 Å². The maximum absolute atomic E-state index is 10.5. The van der Waals surface area contributed by atoms with Gasteiger partial charge in [-0.15, -0.1) is 0 Å². The minimum atomic E-state index is -0.558. The van der Waals surface area contributed by atoms with E-state index >= 15 is 0 Å². The summed E-state index contributed by atoms with van der Waals surface area (Å²) in [5.41, 5.74) is 5.64. The molecular weight excluding hydrogens is 335 g/mol. The maximum Gasteiger partial charge on any atom is 0.316 e. The third kappa shape index (κ3) is 2.63. The van der Waals surface area contributed by atoms with Crippen LogP contribution in [-0.4, -0.2) is 6.03 Å². The highest BCUT2D eigenvalue weighted by Gasteiger charge is 2.01. The van der Waals surface area contributed by atoms with Crippen molar-refractivity contribution in [3.8, 4) is 0 Å². The standard InChI is InChI=1S/C7H6BrIN2O/c8-5-3-4(9)1-2-6(5)11-7(10)12/h1-3H,(H3,10,11,12). The van der Waals surface area contributed by atoms with Crippen molar-refractivity contribution >= 4 is 50.2 Å². The Bertz CT molecular complexity index is 316. The van der Waals surface area contributed by atoms with Gasteiger partial charge in [-0.3, -0.25) is 0 Å². The zero-order valence-corrected chi connectivity index (χ0v) is 9.72. The zero-order valence-electron chi connectivity index (χ0n) is 5.97. The van der Waals surface area contributed by atoms with Gasteiger partial charge in [-0.2, -0.15) is 0 Å². The van der Waals surface area contributed by atoms with Crippen molar-refractivity contribution in [3.63, 3.8) is 0 Å². The lowest BCUT2D eigenvalue weighted by Gasteiger charge is -2.03. The van der Waals surface area contributed by atoms with E-state index in [0.717, 1.165) is 8.04 Å². The summed E-state index contributed by atoms with van der Waals surface area (Å²) in [4.78, 5) is 10.5. The van der Waals surface area contributed by atoms with Crippen LogP contribution in [0.1, 0.15) is 0 Å². The van der Waals surface area contributed by atoms with Crippen LogP contribution in [0.3, 0.4) is 0 Å². The number of hydrogen-bond donors (Lipinski definition) is 2. The Labute approximate surface area is 92.0 Å². The second-order valence-corrected chi connectivity index (χ2v) is 4.21. The van der Waals surface area contributed by atoms with Crippen LogP contribution in [0.25, 0.3) is 0 Å². The van der Waals surface area contributed by atoms with Crippen molar-refractivity contribution < 1.29 is 4.79 Å². The monoisotopic (exact) mass is 340 g/mol. The van der Waals surface area contributed by atoms with E-state index in [1.54, 1.807) is 6.07 Å². The third-order valence-corrected chi connectivity index (χ3v) is 2.52. The average Bonchev–Trinajstić information content (AvgIpc) is 1.94. The molecule has 0 radical (unpaired) electrons. The Hall–Kier alpha value is -0.300. The quantitative estimate of drug-likeness (QED) is 0.758. The molecule has 1 aromatic rings. The number of halogens is 2. The van der Waals surface area contributed by atoms with Gasteiger partial charge < -0.3 is 11.1 Å². The van der Waals surface area contributed by atoms with Crippen LogP contribution in [0, 0.1) is 3.57 Å². The lowest BCUT2D eigenvalue weighted by Crippen LogP contribution is -2.19. The van der Waals surface area contributed by atoms with Crippen LogP contribution in [-0.2, 0) is 0 Å². The molecule has 0 aromatic heterocycles. The first-order valence-corrected chi connectivity index (χ1v) is 4.98. The highest BCUT2D eigenvalue weighted by atomic mass is 127. The van der Waals surface area contributed by atoms with Crippen LogP contribution in [0.5, 0.6) is 0 Å². The van der Waals surface area contributed by atoms with E-state index in [1.807, 2.05) is 12.1 Å². The summed E-state index contributed by atoms with van der Waals surface area (Å²) in [5, 5.41) is 2.49. The summed E-state index contributed by atoms with van der Waals surface area (Å²) in [5.74, 6) is 0. The average molecular weight is 341 g/mol. The first-order chi connectivity index (χ1) is 5.59. The summed E-state index contributed by atoms with van der Waals surface area (Å²) in [6.45, 7) is 0. The van der Waals surface area contributed by atoms with Gasteiger partial charge in [0.2, 0.25) is 0 Å². The number of carbonyl (C=O) groups excluding carboxylic acids is 1. The molecule has 0 aliphatic carbocycles. The van der Waals surface area contributed by atoms with Crippen molar-refractivity contribution in [2.45, 2.75) is 0 Å². The van der Waals surface area contributed by atoms with Crippen LogP contribution >= 0.6 is 38.5 Å². The lowest BCUT2D eigenvalue weighted by atomic mass is 10.3. The topological polar surface area (TPSA) is 55.1 Å². The van der Waals surface area contributed by atoms with Gasteiger partial charge in [0.25, 0.3) is 0 Å². The molecule has 0 saturated heterocycles. The van der Waals surface area contributed by atoms with E-state index in [2.05, 4.69) is 43.8 Å². The Balaban J connectivity index is 2.93. The molecule has 2 amide bonds. The van der Waals surface area contributed by atoms with Crippen molar-refractivity contribution in [3.05, 3.63) is 26.2 Å². The van der Waals surface area contributed by atoms with Gasteiger partial charge >= 0.3 is 6.03 Å². The fourth-order valence-electron chi connectivity index (χ4n) is 0.724. The van der Waals surface area contributed by atoms with Gasteiger partial charge in [-0.1, -0.05) is 0 Å². The molecule has 64 valence electrons. The summed E-state index contributed by atoms with van der Waals surface area (Å²) in [6, 6.07) is 5.01. The van der Waals surface area contributed by atoms with E-state index in [0.29, 0.717) is 5.69 Å². The first-order valence-electron chi connectivity index (χ1n) is 3.11. The SMILES string of the molecule is NC(=O)Nc1ccc(I)cc1Br. The van der Waals surface area contributed by atoms with Gasteiger partial charge in [-0.05, 0) is 56.7 Å². The molecule has 0 atom stereocenters. The molecule has 0 bridgehead atoms. The molecule has 5 heteroatoms. The minimum absolute atomic E-state index is 0.558.